The zero-order valence-corrected chi connectivity index (χ0v) is 16.7. The molecule has 8 heteroatoms. The van der Waals surface area contributed by atoms with Gasteiger partial charge in [0.2, 0.25) is 0 Å². The molecule has 0 aliphatic carbocycles. The van der Waals surface area contributed by atoms with Gasteiger partial charge in [0.05, 0.1) is 29.1 Å². The Hall–Kier alpha value is -3.42. The fraction of sp³-hybridized carbons (Fsp3) is 0.333. The van der Waals surface area contributed by atoms with Crippen molar-refractivity contribution in [1.29, 1.82) is 0 Å². The van der Waals surface area contributed by atoms with Gasteiger partial charge in [-0.25, -0.2) is 4.79 Å². The first-order valence-corrected chi connectivity index (χ1v) is 9.26. The van der Waals surface area contributed by atoms with E-state index in [9.17, 15) is 19.7 Å². The average molecular weight is 399 g/mol. The Morgan fingerprint density at radius 1 is 1.10 bits per heavy atom. The summed E-state index contributed by atoms with van der Waals surface area (Å²) in [4.78, 5) is 37.2. The summed E-state index contributed by atoms with van der Waals surface area (Å²) in [5.41, 5.74) is 1.02. The fourth-order valence-electron chi connectivity index (χ4n) is 2.85. The van der Waals surface area contributed by atoms with E-state index in [2.05, 4.69) is 5.32 Å². The molecule has 0 radical (unpaired) electrons. The number of nitrogens with zero attached hydrogens (tertiary/aromatic N) is 2. The summed E-state index contributed by atoms with van der Waals surface area (Å²) in [6.07, 6.45) is -0.543. The standard InChI is InChI=1S/C21H25N3O5/c1-15(2)29-20(25)13-18(17-11-7-8-12-19(17)24(27)28)22-21(26)23(3)14-16-9-5-4-6-10-16/h4-12,15,18H,13-14H2,1-3H3,(H,22,26)/t18-/m1/s1. The molecule has 0 bridgehead atoms. The maximum absolute atomic E-state index is 12.7. The van der Waals surface area contributed by atoms with Crippen LogP contribution >= 0.6 is 0 Å². The molecule has 2 amide bonds. The molecule has 2 aromatic rings. The van der Waals surface area contributed by atoms with Gasteiger partial charge in [0.25, 0.3) is 5.69 Å². The van der Waals surface area contributed by atoms with E-state index in [1.807, 2.05) is 30.3 Å². The molecular formula is C21H25N3O5. The first-order valence-electron chi connectivity index (χ1n) is 9.26. The molecule has 0 aromatic heterocycles. The predicted octanol–water partition coefficient (Wildman–Crippen LogP) is 3.82. The van der Waals surface area contributed by atoms with Crippen molar-refractivity contribution >= 4 is 17.7 Å². The smallest absolute Gasteiger partial charge is 0.317 e. The Labute approximate surface area is 169 Å². The molecule has 29 heavy (non-hydrogen) atoms. The fourth-order valence-corrected chi connectivity index (χ4v) is 2.85. The van der Waals surface area contributed by atoms with Crippen LogP contribution < -0.4 is 5.32 Å². The van der Waals surface area contributed by atoms with E-state index < -0.39 is 23.0 Å². The van der Waals surface area contributed by atoms with Gasteiger partial charge in [-0.1, -0.05) is 48.5 Å². The van der Waals surface area contributed by atoms with Crippen LogP contribution in [0.1, 0.15) is 37.4 Å². The van der Waals surface area contributed by atoms with E-state index >= 15 is 0 Å². The lowest BCUT2D eigenvalue weighted by Gasteiger charge is -2.24. The van der Waals surface area contributed by atoms with Crippen molar-refractivity contribution in [3.05, 3.63) is 75.8 Å². The Bertz CT molecular complexity index is 854. The summed E-state index contributed by atoms with van der Waals surface area (Å²) in [5.74, 6) is -0.547. The molecule has 0 fully saturated rings. The van der Waals surface area contributed by atoms with Crippen LogP contribution in [0.4, 0.5) is 10.5 Å². The van der Waals surface area contributed by atoms with Crippen molar-refractivity contribution in [3.63, 3.8) is 0 Å². The van der Waals surface area contributed by atoms with Gasteiger partial charge >= 0.3 is 12.0 Å². The molecule has 8 nitrogen and oxygen atoms in total. The second-order valence-corrected chi connectivity index (χ2v) is 6.90. The summed E-state index contributed by atoms with van der Waals surface area (Å²) in [6, 6.07) is 14.1. The zero-order chi connectivity index (χ0) is 21.4. The molecule has 1 N–H and O–H groups in total. The van der Waals surface area contributed by atoms with Gasteiger partial charge < -0.3 is 15.0 Å². The highest BCUT2D eigenvalue weighted by molar-refractivity contribution is 5.77. The van der Waals surface area contributed by atoms with E-state index in [0.717, 1.165) is 5.56 Å². The Morgan fingerprint density at radius 3 is 2.34 bits per heavy atom. The second-order valence-electron chi connectivity index (χ2n) is 6.90. The molecule has 0 aliphatic heterocycles. The number of nitro benzene ring substituents is 1. The number of nitrogens with one attached hydrogen (secondary N) is 1. The van der Waals surface area contributed by atoms with Crippen molar-refractivity contribution in [2.45, 2.75) is 39.0 Å². The van der Waals surface area contributed by atoms with Crippen molar-refractivity contribution in [2.75, 3.05) is 7.05 Å². The summed E-state index contributed by atoms with van der Waals surface area (Å²) in [7, 11) is 1.62. The normalized spacial score (nSPS) is 11.6. The van der Waals surface area contributed by atoms with Gasteiger partial charge in [0.1, 0.15) is 0 Å². The predicted molar refractivity (Wildman–Crippen MR) is 108 cm³/mol. The first kappa shape index (κ1) is 21.9. The van der Waals surface area contributed by atoms with E-state index in [4.69, 9.17) is 4.74 Å². The topological polar surface area (TPSA) is 102 Å². The molecule has 2 rings (SSSR count). The Kier molecular flexibility index (Phi) is 7.70. The summed E-state index contributed by atoms with van der Waals surface area (Å²) >= 11 is 0. The van der Waals surface area contributed by atoms with Gasteiger partial charge in [-0.05, 0) is 19.4 Å². The lowest BCUT2D eigenvalue weighted by Crippen LogP contribution is -2.40. The lowest BCUT2D eigenvalue weighted by molar-refractivity contribution is -0.385. The molecule has 0 saturated carbocycles. The van der Waals surface area contributed by atoms with Crippen LogP contribution in [-0.2, 0) is 16.1 Å². The highest BCUT2D eigenvalue weighted by atomic mass is 16.6. The second kappa shape index (κ2) is 10.2. The zero-order valence-electron chi connectivity index (χ0n) is 16.7. The number of hydrogen-bond donors (Lipinski definition) is 1. The van der Waals surface area contributed by atoms with Crippen molar-refractivity contribution < 1.29 is 19.2 Å². The van der Waals surface area contributed by atoms with Gasteiger partial charge in [-0.2, -0.15) is 0 Å². The summed E-state index contributed by atoms with van der Waals surface area (Å²) in [6.45, 7) is 3.78. The minimum atomic E-state index is -0.895. The van der Waals surface area contributed by atoms with Crippen LogP contribution in [0.5, 0.6) is 0 Å². The van der Waals surface area contributed by atoms with Crippen LogP contribution in [0.3, 0.4) is 0 Å². The molecular weight excluding hydrogens is 374 g/mol. The maximum Gasteiger partial charge on any atom is 0.317 e. The van der Waals surface area contributed by atoms with Crippen LogP contribution in [0, 0.1) is 10.1 Å². The number of nitro groups is 1. The number of amides is 2. The third-order valence-corrected chi connectivity index (χ3v) is 4.15. The van der Waals surface area contributed by atoms with Gasteiger partial charge in [0, 0.05) is 19.7 Å². The number of carbonyl (C=O) groups is 2. The quantitative estimate of drug-likeness (QED) is 0.413. The maximum atomic E-state index is 12.7. The number of ether oxygens (including phenoxy) is 1. The van der Waals surface area contributed by atoms with Gasteiger partial charge in [0.15, 0.2) is 0 Å². The molecule has 1 atom stereocenters. The summed E-state index contributed by atoms with van der Waals surface area (Å²) in [5, 5.41) is 14.2. The van der Waals surface area contributed by atoms with E-state index in [-0.39, 0.29) is 23.8 Å². The molecule has 0 aliphatic rings. The number of esters is 1. The Morgan fingerprint density at radius 2 is 1.72 bits per heavy atom. The highest BCUT2D eigenvalue weighted by Gasteiger charge is 2.27. The summed E-state index contributed by atoms with van der Waals surface area (Å²) < 4.78 is 5.17. The van der Waals surface area contributed by atoms with Crippen LogP contribution in [0.25, 0.3) is 0 Å². The Balaban J connectivity index is 2.22. The molecule has 0 heterocycles. The van der Waals surface area contributed by atoms with Crippen molar-refractivity contribution in [1.82, 2.24) is 10.2 Å². The SMILES string of the molecule is CC(C)OC(=O)C[C@@H](NC(=O)N(C)Cc1ccccc1)c1ccccc1[N+](=O)[O-]. The first-order chi connectivity index (χ1) is 13.8. The minimum absolute atomic E-state index is 0.166. The molecule has 2 aromatic carbocycles. The lowest BCUT2D eigenvalue weighted by atomic mass is 10.0. The molecule has 0 spiro atoms. The van der Waals surface area contributed by atoms with E-state index in [1.165, 1.54) is 23.1 Å². The third-order valence-electron chi connectivity index (χ3n) is 4.15. The number of rotatable bonds is 8. The molecule has 0 saturated heterocycles. The minimum Gasteiger partial charge on any atom is -0.463 e. The van der Waals surface area contributed by atoms with E-state index in [1.54, 1.807) is 27.0 Å². The van der Waals surface area contributed by atoms with Crippen LogP contribution in [-0.4, -0.2) is 35.0 Å². The number of hydrogen-bond acceptors (Lipinski definition) is 5. The monoisotopic (exact) mass is 399 g/mol. The number of carbonyl (C=O) groups excluding carboxylic acids is 2. The van der Waals surface area contributed by atoms with Crippen molar-refractivity contribution in [3.8, 4) is 0 Å². The van der Waals surface area contributed by atoms with E-state index in [0.29, 0.717) is 6.54 Å². The molecule has 0 unspecified atom stereocenters. The van der Waals surface area contributed by atoms with Crippen LogP contribution in [0.15, 0.2) is 54.6 Å². The van der Waals surface area contributed by atoms with Crippen molar-refractivity contribution in [2.24, 2.45) is 0 Å². The van der Waals surface area contributed by atoms with Gasteiger partial charge in [-0.15, -0.1) is 0 Å². The number of benzene rings is 2. The number of urea groups is 1. The largest absolute Gasteiger partial charge is 0.463 e. The number of para-hydroxylation sites is 1. The average Bonchev–Trinajstić information content (AvgIpc) is 2.67. The van der Waals surface area contributed by atoms with Gasteiger partial charge in [-0.3, -0.25) is 14.9 Å². The molecule has 154 valence electrons. The third kappa shape index (κ3) is 6.60. The van der Waals surface area contributed by atoms with Crippen LogP contribution in [0.2, 0.25) is 0 Å². The highest BCUT2D eigenvalue weighted by Crippen LogP contribution is 2.27.